The predicted octanol–water partition coefficient (Wildman–Crippen LogP) is 5.52. The Labute approximate surface area is 246 Å². The third-order valence-electron chi connectivity index (χ3n) is 6.84. The van der Waals surface area contributed by atoms with E-state index in [1.807, 2.05) is 31.2 Å². The lowest BCUT2D eigenvalue weighted by atomic mass is 9.99. The van der Waals surface area contributed by atoms with Crippen LogP contribution < -0.4 is 15.4 Å². The van der Waals surface area contributed by atoms with Gasteiger partial charge < -0.3 is 30.1 Å². The number of hydrogen-bond acceptors (Lipinski definition) is 6. The van der Waals surface area contributed by atoms with Crippen molar-refractivity contribution in [3.8, 4) is 11.5 Å². The second kappa shape index (κ2) is 13.0. The molecule has 222 valence electrons. The van der Waals surface area contributed by atoms with Crippen LogP contribution in [0.1, 0.15) is 56.3 Å². The highest BCUT2D eigenvalue weighted by molar-refractivity contribution is 5.99. The Balaban J connectivity index is 1.70. The molecular formula is C33H39N3O6. The summed E-state index contributed by atoms with van der Waals surface area (Å²) in [6, 6.07) is 18.8. The van der Waals surface area contributed by atoms with E-state index in [-0.39, 0.29) is 24.1 Å². The fraction of sp³-hybridized carbons (Fsp3) is 0.364. The minimum absolute atomic E-state index is 0.0935. The van der Waals surface area contributed by atoms with Crippen molar-refractivity contribution < 1.29 is 29.0 Å². The van der Waals surface area contributed by atoms with Crippen molar-refractivity contribution in [3.05, 3.63) is 89.5 Å². The van der Waals surface area contributed by atoms with Crippen molar-refractivity contribution in [1.29, 1.82) is 0 Å². The lowest BCUT2D eigenvalue weighted by molar-refractivity contribution is -0.141. The Morgan fingerprint density at radius 1 is 0.952 bits per heavy atom. The van der Waals surface area contributed by atoms with E-state index in [9.17, 15) is 19.5 Å². The lowest BCUT2D eigenvalue weighted by Gasteiger charge is -2.35. The van der Waals surface area contributed by atoms with Gasteiger partial charge in [0.15, 0.2) is 0 Å². The van der Waals surface area contributed by atoms with Gasteiger partial charge in [0, 0.05) is 18.2 Å². The Hall–Kier alpha value is -4.53. The summed E-state index contributed by atoms with van der Waals surface area (Å²) in [7, 11) is 1.57. The van der Waals surface area contributed by atoms with E-state index in [0.29, 0.717) is 17.0 Å². The first-order chi connectivity index (χ1) is 19.9. The molecule has 0 aromatic heterocycles. The minimum Gasteiger partial charge on any atom is -0.508 e. The molecule has 0 bridgehead atoms. The highest BCUT2D eigenvalue weighted by Crippen LogP contribution is 2.36. The van der Waals surface area contributed by atoms with Crippen molar-refractivity contribution in [2.75, 3.05) is 12.4 Å². The molecule has 42 heavy (non-hydrogen) atoms. The van der Waals surface area contributed by atoms with Crippen LogP contribution in [0.25, 0.3) is 0 Å². The molecule has 4 rings (SSSR count). The fourth-order valence-corrected chi connectivity index (χ4v) is 4.64. The first-order valence-corrected chi connectivity index (χ1v) is 14.0. The second-order valence-corrected chi connectivity index (χ2v) is 11.6. The molecule has 2 unspecified atom stereocenters. The second-order valence-electron chi connectivity index (χ2n) is 11.6. The quantitative estimate of drug-likeness (QED) is 0.294. The number of methoxy groups -OCH3 is 1. The van der Waals surface area contributed by atoms with Gasteiger partial charge >= 0.3 is 6.09 Å². The van der Waals surface area contributed by atoms with Gasteiger partial charge in [0.1, 0.15) is 29.2 Å². The van der Waals surface area contributed by atoms with Gasteiger partial charge in [0.2, 0.25) is 5.91 Å². The zero-order valence-corrected chi connectivity index (χ0v) is 24.7. The average Bonchev–Trinajstić information content (AvgIpc) is 3.77. The number of amides is 3. The van der Waals surface area contributed by atoms with Gasteiger partial charge in [-0.15, -0.1) is 0 Å². The van der Waals surface area contributed by atoms with E-state index in [1.54, 1.807) is 69.2 Å². The normalized spacial score (nSPS) is 14.3. The summed E-state index contributed by atoms with van der Waals surface area (Å²) in [5.74, 6) is -0.0176. The van der Waals surface area contributed by atoms with E-state index < -0.39 is 29.7 Å². The zero-order valence-electron chi connectivity index (χ0n) is 24.7. The van der Waals surface area contributed by atoms with Crippen LogP contribution in [-0.4, -0.2) is 52.7 Å². The fourth-order valence-electron chi connectivity index (χ4n) is 4.64. The smallest absolute Gasteiger partial charge is 0.408 e. The molecule has 0 saturated heterocycles. The van der Waals surface area contributed by atoms with Crippen LogP contribution in [0.15, 0.2) is 72.8 Å². The molecule has 2 atom stereocenters. The topological polar surface area (TPSA) is 117 Å². The number of rotatable bonds is 10. The molecule has 9 heteroatoms. The molecule has 1 saturated carbocycles. The number of nitrogens with one attached hydrogen (secondary N) is 2. The minimum atomic E-state index is -1.02. The van der Waals surface area contributed by atoms with Crippen molar-refractivity contribution in [2.24, 2.45) is 0 Å². The first kappa shape index (κ1) is 30.4. The number of aromatic hydroxyl groups is 1. The lowest BCUT2D eigenvalue weighted by Crippen LogP contribution is -2.54. The highest BCUT2D eigenvalue weighted by atomic mass is 16.6. The number of alkyl carbamates (subject to hydrolysis) is 1. The molecule has 0 radical (unpaired) electrons. The maximum absolute atomic E-state index is 14.4. The Kier molecular flexibility index (Phi) is 9.40. The van der Waals surface area contributed by atoms with Crippen LogP contribution in [0.3, 0.4) is 0 Å². The SMILES string of the molecule is COc1ccc(NC(=O)C(c2ccc(C)cc2)N(C(=O)C(Cc2ccc(O)cc2)NC(=O)OC(C)(C)C)C2CC2)cc1. The predicted molar refractivity (Wildman–Crippen MR) is 160 cm³/mol. The van der Waals surface area contributed by atoms with E-state index in [4.69, 9.17) is 9.47 Å². The summed E-state index contributed by atoms with van der Waals surface area (Å²) in [5.41, 5.74) is 2.21. The summed E-state index contributed by atoms with van der Waals surface area (Å²) in [5, 5.41) is 15.5. The molecule has 3 aromatic carbocycles. The van der Waals surface area contributed by atoms with Crippen LogP contribution in [0, 0.1) is 6.92 Å². The monoisotopic (exact) mass is 573 g/mol. The molecular weight excluding hydrogens is 534 g/mol. The number of ether oxygens (including phenoxy) is 2. The summed E-state index contributed by atoms with van der Waals surface area (Å²) in [6.45, 7) is 7.20. The Bertz CT molecular complexity index is 1380. The van der Waals surface area contributed by atoms with Gasteiger partial charge in [-0.05, 0) is 88.1 Å². The zero-order chi connectivity index (χ0) is 30.4. The number of benzene rings is 3. The van der Waals surface area contributed by atoms with E-state index in [2.05, 4.69) is 10.6 Å². The first-order valence-electron chi connectivity index (χ1n) is 14.0. The van der Waals surface area contributed by atoms with Crippen LogP contribution in [0.2, 0.25) is 0 Å². The van der Waals surface area contributed by atoms with Gasteiger partial charge in [0.25, 0.3) is 5.91 Å². The number of phenolic OH excluding ortho intramolecular Hbond substituents is 1. The molecule has 1 fully saturated rings. The maximum atomic E-state index is 14.4. The number of hydrogen-bond donors (Lipinski definition) is 3. The number of anilines is 1. The summed E-state index contributed by atoms with van der Waals surface area (Å²) in [6.07, 6.45) is 0.886. The van der Waals surface area contributed by atoms with Crippen molar-refractivity contribution >= 4 is 23.6 Å². The van der Waals surface area contributed by atoms with Gasteiger partial charge in [0.05, 0.1) is 7.11 Å². The number of nitrogens with zero attached hydrogens (tertiary/aromatic N) is 1. The number of carbonyl (C=O) groups is 3. The van der Waals surface area contributed by atoms with Crippen molar-refractivity contribution in [1.82, 2.24) is 10.2 Å². The summed E-state index contributed by atoms with van der Waals surface area (Å²) < 4.78 is 10.7. The largest absolute Gasteiger partial charge is 0.508 e. The molecule has 0 spiro atoms. The van der Waals surface area contributed by atoms with Crippen molar-refractivity contribution in [3.63, 3.8) is 0 Å². The number of aryl methyl sites for hydroxylation is 1. The third kappa shape index (κ3) is 8.25. The standard InChI is InChI=1S/C33H39N3O6/c1-21-6-10-23(11-7-21)29(30(38)34-24-12-18-27(41-5)19-13-24)36(25-14-15-25)31(39)28(35-32(40)42-33(2,3)4)20-22-8-16-26(37)17-9-22/h6-13,16-19,25,28-29,37H,14-15,20H2,1-5H3,(H,34,38)(H,35,40). The van der Waals surface area contributed by atoms with Gasteiger partial charge in [-0.2, -0.15) is 0 Å². The van der Waals surface area contributed by atoms with Gasteiger partial charge in [-0.3, -0.25) is 9.59 Å². The van der Waals surface area contributed by atoms with E-state index >= 15 is 0 Å². The van der Waals surface area contributed by atoms with Crippen LogP contribution in [0.5, 0.6) is 11.5 Å². The molecule has 0 heterocycles. The molecule has 1 aliphatic rings. The molecule has 9 nitrogen and oxygen atoms in total. The Morgan fingerprint density at radius 2 is 1.57 bits per heavy atom. The van der Waals surface area contributed by atoms with Crippen LogP contribution in [0.4, 0.5) is 10.5 Å². The van der Waals surface area contributed by atoms with Crippen molar-refractivity contribution in [2.45, 2.75) is 70.7 Å². The average molecular weight is 574 g/mol. The Morgan fingerprint density at radius 3 is 2.12 bits per heavy atom. The van der Waals surface area contributed by atoms with Crippen LogP contribution in [-0.2, 0) is 20.7 Å². The van der Waals surface area contributed by atoms with Crippen LogP contribution >= 0.6 is 0 Å². The summed E-state index contributed by atoms with van der Waals surface area (Å²) in [4.78, 5) is 42.9. The number of phenols is 1. The maximum Gasteiger partial charge on any atom is 0.408 e. The third-order valence-corrected chi connectivity index (χ3v) is 6.84. The van der Waals surface area contributed by atoms with E-state index in [1.165, 1.54) is 12.1 Å². The molecule has 3 amide bonds. The van der Waals surface area contributed by atoms with E-state index in [0.717, 1.165) is 24.0 Å². The highest BCUT2D eigenvalue weighted by Gasteiger charge is 2.44. The molecule has 1 aliphatic carbocycles. The molecule has 3 N–H and O–H groups in total. The number of carbonyl (C=O) groups excluding carboxylic acids is 3. The summed E-state index contributed by atoms with van der Waals surface area (Å²) >= 11 is 0. The molecule has 0 aliphatic heterocycles. The van der Waals surface area contributed by atoms with Gasteiger partial charge in [-0.1, -0.05) is 42.0 Å². The van der Waals surface area contributed by atoms with Gasteiger partial charge in [-0.25, -0.2) is 4.79 Å². The molecule has 3 aromatic rings.